The molecule has 0 saturated carbocycles. The van der Waals surface area contributed by atoms with Crippen molar-refractivity contribution in [1.82, 2.24) is 15.2 Å². The molecule has 186 valence electrons. The number of amides is 1. The average molecular weight is 486 g/mol. The Labute approximate surface area is 211 Å². The Kier molecular flexibility index (Phi) is 5.95. The zero-order valence-electron chi connectivity index (χ0n) is 21.6. The number of rotatable bonds is 5. The Morgan fingerprint density at radius 2 is 1.92 bits per heavy atom. The van der Waals surface area contributed by atoms with Gasteiger partial charge in [-0.3, -0.25) is 9.69 Å². The number of hydrogen-bond donors (Lipinski definition) is 1. The van der Waals surface area contributed by atoms with E-state index in [-0.39, 0.29) is 11.9 Å². The highest BCUT2D eigenvalue weighted by molar-refractivity contribution is 6.62. The van der Waals surface area contributed by atoms with Crippen LogP contribution in [0.1, 0.15) is 51.3 Å². The minimum atomic E-state index is -0.488. The van der Waals surface area contributed by atoms with Gasteiger partial charge in [-0.2, -0.15) is 5.26 Å². The maximum atomic E-state index is 11.2. The molecule has 0 radical (unpaired) electrons. The van der Waals surface area contributed by atoms with E-state index in [4.69, 9.17) is 18.7 Å². The third-order valence-corrected chi connectivity index (χ3v) is 7.55. The number of nitriles is 1. The zero-order valence-corrected chi connectivity index (χ0v) is 21.6. The monoisotopic (exact) mass is 486 g/mol. The first-order valence-electron chi connectivity index (χ1n) is 12.3. The van der Waals surface area contributed by atoms with Gasteiger partial charge in [0, 0.05) is 32.1 Å². The van der Waals surface area contributed by atoms with Crippen molar-refractivity contribution in [1.29, 1.82) is 5.26 Å². The van der Waals surface area contributed by atoms with Crippen molar-refractivity contribution in [2.75, 3.05) is 13.1 Å². The number of hydrogen-bond acceptors (Lipinski definition) is 7. The Morgan fingerprint density at radius 3 is 2.56 bits per heavy atom. The van der Waals surface area contributed by atoms with Crippen LogP contribution in [0.5, 0.6) is 0 Å². The second-order valence-corrected chi connectivity index (χ2v) is 10.8. The van der Waals surface area contributed by atoms with Crippen LogP contribution in [-0.2, 0) is 20.6 Å². The van der Waals surface area contributed by atoms with E-state index in [2.05, 4.69) is 16.3 Å². The number of nitrogens with zero attached hydrogens (tertiary/aromatic N) is 3. The highest BCUT2D eigenvalue weighted by Crippen LogP contribution is 2.37. The number of likely N-dealkylation sites (tertiary alicyclic amines) is 1. The summed E-state index contributed by atoms with van der Waals surface area (Å²) in [6, 6.07) is 12.2. The normalized spacial score (nSPS) is 19.3. The molecule has 2 fully saturated rings. The van der Waals surface area contributed by atoms with Gasteiger partial charge in [0.05, 0.1) is 22.8 Å². The molecule has 1 N–H and O–H groups in total. The van der Waals surface area contributed by atoms with Crippen LogP contribution in [0.3, 0.4) is 0 Å². The molecule has 9 heteroatoms. The molecule has 0 spiro atoms. The number of aromatic nitrogens is 1. The van der Waals surface area contributed by atoms with Gasteiger partial charge in [0.2, 0.25) is 11.8 Å². The molecule has 2 aromatic carbocycles. The molecule has 0 bridgehead atoms. The molecule has 36 heavy (non-hydrogen) atoms. The molecule has 1 aromatic heterocycles. The highest BCUT2D eigenvalue weighted by Gasteiger charge is 2.52. The molecule has 2 aliphatic heterocycles. The van der Waals surface area contributed by atoms with Crippen molar-refractivity contribution in [3.63, 3.8) is 0 Å². The summed E-state index contributed by atoms with van der Waals surface area (Å²) in [5.41, 5.74) is 4.44. The van der Waals surface area contributed by atoms with Gasteiger partial charge in [0.25, 0.3) is 0 Å². The molecule has 8 nitrogen and oxygen atoms in total. The summed E-state index contributed by atoms with van der Waals surface area (Å²) in [7, 11) is -0.488. The quantitative estimate of drug-likeness (QED) is 0.553. The van der Waals surface area contributed by atoms with E-state index in [9.17, 15) is 10.1 Å². The molecule has 2 aliphatic rings. The van der Waals surface area contributed by atoms with Gasteiger partial charge in [-0.1, -0.05) is 12.1 Å². The second kappa shape index (κ2) is 8.73. The maximum absolute atomic E-state index is 11.2. The summed E-state index contributed by atoms with van der Waals surface area (Å²) in [4.78, 5) is 18.2. The number of carbonyl (C=O) groups excluding carboxylic acids is 1. The first-order valence-corrected chi connectivity index (χ1v) is 12.3. The molecular formula is C27H31BN4O4. The lowest BCUT2D eigenvalue weighted by Gasteiger charge is -2.39. The van der Waals surface area contributed by atoms with Gasteiger partial charge >= 0.3 is 7.12 Å². The van der Waals surface area contributed by atoms with Crippen molar-refractivity contribution in [3.05, 3.63) is 47.0 Å². The van der Waals surface area contributed by atoms with Crippen LogP contribution < -0.4 is 10.8 Å². The molecule has 0 aliphatic carbocycles. The summed E-state index contributed by atoms with van der Waals surface area (Å²) >= 11 is 0. The van der Waals surface area contributed by atoms with Gasteiger partial charge in [-0.15, -0.1) is 0 Å². The lowest BCUT2D eigenvalue weighted by Crippen LogP contribution is -2.58. The summed E-state index contributed by atoms with van der Waals surface area (Å²) < 4.78 is 18.7. The first-order chi connectivity index (χ1) is 17.0. The Morgan fingerprint density at radius 1 is 1.22 bits per heavy atom. The van der Waals surface area contributed by atoms with E-state index >= 15 is 0 Å². The maximum Gasteiger partial charge on any atom is 0.495 e. The zero-order chi connectivity index (χ0) is 25.8. The minimum Gasteiger partial charge on any atom is -0.435 e. The molecular weight excluding hydrogens is 455 g/mol. The van der Waals surface area contributed by atoms with Gasteiger partial charge in [-0.25, -0.2) is 4.98 Å². The Bertz CT molecular complexity index is 1370. The van der Waals surface area contributed by atoms with Crippen molar-refractivity contribution in [2.45, 2.75) is 65.3 Å². The van der Waals surface area contributed by atoms with E-state index in [0.29, 0.717) is 29.1 Å². The fourth-order valence-corrected chi connectivity index (χ4v) is 4.83. The molecule has 1 amide bonds. The Balaban J connectivity index is 1.43. The highest BCUT2D eigenvalue weighted by atomic mass is 16.7. The minimum absolute atomic E-state index is 0.0131. The van der Waals surface area contributed by atoms with Gasteiger partial charge < -0.3 is 19.0 Å². The summed E-state index contributed by atoms with van der Waals surface area (Å²) in [5, 5.41) is 12.7. The van der Waals surface area contributed by atoms with Gasteiger partial charge in [0.1, 0.15) is 11.6 Å². The number of fused-ring (bicyclic) bond motifs is 1. The third-order valence-electron chi connectivity index (χ3n) is 7.55. The van der Waals surface area contributed by atoms with Crippen molar-refractivity contribution in [2.24, 2.45) is 0 Å². The molecule has 5 rings (SSSR count). The van der Waals surface area contributed by atoms with Crippen molar-refractivity contribution in [3.8, 4) is 17.5 Å². The SMILES string of the molecule is CC(=O)NC1CN(Cc2cc(C#N)c3oc(-c4cccc(B5OC(C)(C)C(C)(C)O5)c4C)nc3c2)C1. The molecule has 3 aromatic rings. The van der Waals surface area contributed by atoms with Crippen LogP contribution in [0.25, 0.3) is 22.6 Å². The van der Waals surface area contributed by atoms with Crippen molar-refractivity contribution >= 4 is 29.6 Å². The standard InChI is InChI=1S/C27H31BN4O4/c1-16-21(8-7-9-22(16)28-35-26(3,4)27(5,6)36-28)25-31-23-11-18(10-19(12-29)24(23)34-25)13-32-14-20(15-32)30-17(2)33/h7-11,20H,13-15H2,1-6H3,(H,30,33). The van der Waals surface area contributed by atoms with E-state index in [1.165, 1.54) is 6.92 Å². The van der Waals surface area contributed by atoms with Crippen LogP contribution in [0.2, 0.25) is 0 Å². The number of nitrogens with one attached hydrogen (secondary N) is 1. The van der Waals surface area contributed by atoms with E-state index < -0.39 is 18.3 Å². The number of benzene rings is 2. The van der Waals surface area contributed by atoms with Crippen LogP contribution in [-0.4, -0.2) is 53.2 Å². The smallest absolute Gasteiger partial charge is 0.435 e. The van der Waals surface area contributed by atoms with Crippen LogP contribution >= 0.6 is 0 Å². The average Bonchev–Trinajstić information content (AvgIpc) is 3.28. The third kappa shape index (κ3) is 4.30. The number of carbonyl (C=O) groups is 1. The summed E-state index contributed by atoms with van der Waals surface area (Å²) in [6.07, 6.45) is 0. The summed E-state index contributed by atoms with van der Waals surface area (Å²) in [6.45, 7) is 13.9. The lowest BCUT2D eigenvalue weighted by atomic mass is 9.75. The topological polar surface area (TPSA) is 101 Å². The van der Waals surface area contributed by atoms with Crippen LogP contribution in [0, 0.1) is 18.3 Å². The van der Waals surface area contributed by atoms with Crippen LogP contribution in [0.4, 0.5) is 0 Å². The lowest BCUT2D eigenvalue weighted by molar-refractivity contribution is -0.120. The second-order valence-electron chi connectivity index (χ2n) is 10.8. The predicted octanol–water partition coefficient (Wildman–Crippen LogP) is 3.29. The largest absolute Gasteiger partial charge is 0.495 e. The first kappa shape index (κ1) is 24.5. The van der Waals surface area contributed by atoms with Crippen molar-refractivity contribution < 1.29 is 18.5 Å². The predicted molar refractivity (Wildman–Crippen MR) is 137 cm³/mol. The number of oxazole rings is 1. The van der Waals surface area contributed by atoms with Crippen LogP contribution in [0.15, 0.2) is 34.7 Å². The Hall–Kier alpha value is -3.19. The molecule has 2 saturated heterocycles. The van der Waals surface area contributed by atoms with E-state index in [0.717, 1.165) is 35.2 Å². The van der Waals surface area contributed by atoms with Gasteiger partial charge in [0.15, 0.2) is 5.58 Å². The fourth-order valence-electron chi connectivity index (χ4n) is 4.83. The van der Waals surface area contributed by atoms with E-state index in [1.54, 1.807) is 0 Å². The molecule has 3 heterocycles. The molecule has 0 unspecified atom stereocenters. The van der Waals surface area contributed by atoms with E-state index in [1.807, 2.05) is 65.0 Å². The fraction of sp³-hybridized carbons (Fsp3) is 0.444. The molecule has 0 atom stereocenters. The van der Waals surface area contributed by atoms with Gasteiger partial charge in [-0.05, 0) is 69.4 Å². The summed E-state index contributed by atoms with van der Waals surface area (Å²) in [5.74, 6) is 0.449.